The van der Waals surface area contributed by atoms with Gasteiger partial charge in [0.1, 0.15) is 0 Å². The fraction of sp³-hybridized carbons (Fsp3) is 0.286. The van der Waals surface area contributed by atoms with Gasteiger partial charge in [-0.25, -0.2) is 0 Å². The molecule has 0 fully saturated rings. The molecule has 0 nitrogen and oxygen atoms in total. The van der Waals surface area contributed by atoms with Crippen molar-refractivity contribution >= 4 is 12.2 Å². The molecule has 0 aliphatic rings. The van der Waals surface area contributed by atoms with Crippen LogP contribution in [0, 0.1) is 0 Å². The van der Waals surface area contributed by atoms with Crippen LogP contribution >= 0.6 is 0 Å². The van der Waals surface area contributed by atoms with Gasteiger partial charge in [0.25, 0.3) is 0 Å². The Balaban J connectivity index is 3.05. The quantitative estimate of drug-likeness (QED) is 0.642. The van der Waals surface area contributed by atoms with Crippen molar-refractivity contribution in [2.75, 3.05) is 0 Å². The summed E-state index contributed by atoms with van der Waals surface area (Å²) in [5, 5.41) is 0. The summed E-state index contributed by atoms with van der Waals surface area (Å²) < 4.78 is 0. The summed E-state index contributed by atoms with van der Waals surface area (Å²) in [5.41, 5.74) is 3.88. The minimum Gasteiger partial charge on any atom is -0.0985 e. The number of rotatable bonds is 5. The van der Waals surface area contributed by atoms with Crippen LogP contribution in [0.15, 0.2) is 31.4 Å². The number of benzene rings is 1. The molecular weight excluding hydrogens is 168 g/mol. The van der Waals surface area contributed by atoms with Crippen molar-refractivity contribution in [3.63, 3.8) is 0 Å². The third-order valence-corrected chi connectivity index (χ3v) is 2.47. The first-order valence-corrected chi connectivity index (χ1v) is 5.20. The van der Waals surface area contributed by atoms with Gasteiger partial charge in [0, 0.05) is 0 Å². The van der Waals surface area contributed by atoms with Crippen LogP contribution < -0.4 is 0 Å². The zero-order valence-corrected chi connectivity index (χ0v) is 8.92. The topological polar surface area (TPSA) is 0 Å². The predicted molar refractivity (Wildman–Crippen MR) is 65.2 cm³/mol. The molecule has 1 rings (SSSR count). The minimum absolute atomic E-state index is 1.13. The van der Waals surface area contributed by atoms with Gasteiger partial charge in [-0.3, -0.25) is 0 Å². The summed E-state index contributed by atoms with van der Waals surface area (Å²) in [5.74, 6) is 0. The van der Waals surface area contributed by atoms with Crippen molar-refractivity contribution < 1.29 is 0 Å². The van der Waals surface area contributed by atoms with Crippen LogP contribution in [0.4, 0.5) is 0 Å². The Morgan fingerprint density at radius 1 is 1.14 bits per heavy atom. The van der Waals surface area contributed by atoms with E-state index in [4.69, 9.17) is 0 Å². The molecule has 0 aliphatic carbocycles. The molecule has 0 aliphatic heterocycles. The molecule has 0 radical (unpaired) electrons. The fourth-order valence-electron chi connectivity index (χ4n) is 1.65. The molecule has 0 N–H and O–H groups in total. The highest BCUT2D eigenvalue weighted by Crippen LogP contribution is 2.19. The van der Waals surface area contributed by atoms with E-state index in [-0.39, 0.29) is 0 Å². The minimum atomic E-state index is 1.13. The smallest absolute Gasteiger partial charge is 0.0224 e. The second-order valence-corrected chi connectivity index (χ2v) is 3.43. The zero-order chi connectivity index (χ0) is 10.4. The van der Waals surface area contributed by atoms with Gasteiger partial charge in [-0.1, -0.05) is 56.9 Å². The fourth-order valence-corrected chi connectivity index (χ4v) is 1.65. The highest BCUT2D eigenvalue weighted by Gasteiger charge is 2.02. The molecule has 0 heteroatoms. The second-order valence-electron chi connectivity index (χ2n) is 3.43. The average molecular weight is 186 g/mol. The zero-order valence-electron chi connectivity index (χ0n) is 8.92. The molecule has 0 unspecified atom stereocenters. The number of unbranched alkanes of at least 4 members (excludes halogenated alkanes) is 1. The van der Waals surface area contributed by atoms with Gasteiger partial charge < -0.3 is 0 Å². The molecule has 0 spiro atoms. The molecule has 0 saturated carbocycles. The molecule has 74 valence electrons. The lowest BCUT2D eigenvalue weighted by Crippen LogP contribution is -1.93. The molecule has 1 aromatic carbocycles. The summed E-state index contributed by atoms with van der Waals surface area (Å²) in [4.78, 5) is 0. The van der Waals surface area contributed by atoms with Crippen LogP contribution in [0.1, 0.15) is 36.5 Å². The van der Waals surface area contributed by atoms with E-state index in [1.54, 1.807) is 0 Å². The van der Waals surface area contributed by atoms with Crippen LogP contribution in [0.2, 0.25) is 0 Å². The van der Waals surface area contributed by atoms with Gasteiger partial charge >= 0.3 is 0 Å². The summed E-state index contributed by atoms with van der Waals surface area (Å²) in [6.45, 7) is 9.89. The first-order valence-electron chi connectivity index (χ1n) is 5.20. The maximum Gasteiger partial charge on any atom is -0.0224 e. The Kier molecular flexibility index (Phi) is 4.18. The van der Waals surface area contributed by atoms with Crippen LogP contribution in [-0.4, -0.2) is 0 Å². The summed E-state index contributed by atoms with van der Waals surface area (Å²) >= 11 is 0. The van der Waals surface area contributed by atoms with Crippen molar-refractivity contribution in [1.82, 2.24) is 0 Å². The van der Waals surface area contributed by atoms with Gasteiger partial charge in [-0.2, -0.15) is 0 Å². The molecule has 0 amide bonds. The van der Waals surface area contributed by atoms with Gasteiger partial charge in [-0.15, -0.1) is 0 Å². The third kappa shape index (κ3) is 2.35. The van der Waals surface area contributed by atoms with Crippen LogP contribution in [0.5, 0.6) is 0 Å². The van der Waals surface area contributed by atoms with E-state index in [0.29, 0.717) is 0 Å². The van der Waals surface area contributed by atoms with Crippen molar-refractivity contribution in [2.45, 2.75) is 26.2 Å². The Labute approximate surface area is 87.0 Å². The SMILES string of the molecule is C=Cc1cccc(C=C)c1CCCC. The molecule has 0 heterocycles. The number of hydrogen-bond acceptors (Lipinski definition) is 0. The molecular formula is C14H18. The molecule has 0 bridgehead atoms. The summed E-state index contributed by atoms with van der Waals surface area (Å²) in [7, 11) is 0. The maximum atomic E-state index is 3.84. The van der Waals surface area contributed by atoms with Crippen LogP contribution in [-0.2, 0) is 6.42 Å². The summed E-state index contributed by atoms with van der Waals surface area (Å²) in [6.07, 6.45) is 7.43. The van der Waals surface area contributed by atoms with Gasteiger partial charge in [-0.05, 0) is 29.5 Å². The third-order valence-electron chi connectivity index (χ3n) is 2.47. The molecule has 0 saturated heterocycles. The van der Waals surface area contributed by atoms with E-state index < -0.39 is 0 Å². The Hall–Kier alpha value is -1.30. The molecule has 0 aromatic heterocycles. The largest absolute Gasteiger partial charge is 0.0985 e. The van der Waals surface area contributed by atoms with Gasteiger partial charge in [0.15, 0.2) is 0 Å². The first-order chi connectivity index (χ1) is 6.83. The van der Waals surface area contributed by atoms with E-state index in [9.17, 15) is 0 Å². The highest BCUT2D eigenvalue weighted by molar-refractivity contribution is 5.62. The van der Waals surface area contributed by atoms with E-state index in [1.165, 1.54) is 29.5 Å². The van der Waals surface area contributed by atoms with Crippen LogP contribution in [0.3, 0.4) is 0 Å². The van der Waals surface area contributed by atoms with Crippen molar-refractivity contribution in [2.24, 2.45) is 0 Å². The Morgan fingerprint density at radius 3 is 2.14 bits per heavy atom. The van der Waals surface area contributed by atoms with Crippen LogP contribution in [0.25, 0.3) is 12.2 Å². The predicted octanol–water partition coefficient (Wildman–Crippen LogP) is 4.32. The summed E-state index contributed by atoms with van der Waals surface area (Å²) in [6, 6.07) is 6.29. The van der Waals surface area contributed by atoms with E-state index >= 15 is 0 Å². The lowest BCUT2D eigenvalue weighted by atomic mass is 9.96. The maximum absolute atomic E-state index is 3.84. The van der Waals surface area contributed by atoms with Gasteiger partial charge in [0.2, 0.25) is 0 Å². The Bertz CT molecular complexity index is 295. The monoisotopic (exact) mass is 186 g/mol. The lowest BCUT2D eigenvalue weighted by molar-refractivity contribution is 0.793. The lowest BCUT2D eigenvalue weighted by Gasteiger charge is -2.09. The molecule has 0 atom stereocenters. The van der Waals surface area contributed by atoms with Crippen molar-refractivity contribution in [3.05, 3.63) is 48.0 Å². The normalized spacial score (nSPS) is 9.79. The van der Waals surface area contributed by atoms with E-state index in [0.717, 1.165) is 6.42 Å². The number of hydrogen-bond donors (Lipinski definition) is 0. The van der Waals surface area contributed by atoms with Crippen molar-refractivity contribution in [1.29, 1.82) is 0 Å². The standard InChI is InChI=1S/C14H18/c1-4-7-11-14-12(5-2)9-8-10-13(14)6-3/h5-6,8-10H,2-4,7,11H2,1H3. The van der Waals surface area contributed by atoms with E-state index in [2.05, 4.69) is 38.3 Å². The average Bonchev–Trinajstić information content (AvgIpc) is 2.25. The van der Waals surface area contributed by atoms with Gasteiger partial charge in [0.05, 0.1) is 0 Å². The first kappa shape index (κ1) is 10.8. The molecule has 1 aromatic rings. The second kappa shape index (κ2) is 5.43. The van der Waals surface area contributed by atoms with E-state index in [1.807, 2.05) is 12.2 Å². The molecule has 14 heavy (non-hydrogen) atoms. The Morgan fingerprint density at radius 2 is 1.71 bits per heavy atom. The van der Waals surface area contributed by atoms with Crippen molar-refractivity contribution in [3.8, 4) is 0 Å². The highest BCUT2D eigenvalue weighted by atomic mass is 14.1.